The minimum Gasteiger partial charge on any atom is -0.434 e. The molecule has 2 aromatic carbocycles. The molecule has 160 valence electrons. The van der Waals surface area contributed by atoms with Crippen LogP contribution in [-0.4, -0.2) is 41.5 Å². The lowest BCUT2D eigenvalue weighted by molar-refractivity contribution is 0.101. The van der Waals surface area contributed by atoms with E-state index in [2.05, 4.69) is 19.0 Å². The molecule has 1 saturated heterocycles. The van der Waals surface area contributed by atoms with E-state index in [0.717, 1.165) is 36.3 Å². The first-order chi connectivity index (χ1) is 15.1. The van der Waals surface area contributed by atoms with Gasteiger partial charge in [-0.05, 0) is 67.7 Å². The molecule has 3 aromatic rings. The third-order valence-corrected chi connectivity index (χ3v) is 5.68. The molecular formula is C22H20FN3O4S. The van der Waals surface area contributed by atoms with Gasteiger partial charge >= 0.3 is 6.16 Å². The molecule has 1 aromatic heterocycles. The molecule has 31 heavy (non-hydrogen) atoms. The number of ether oxygens (including phenoxy) is 2. The van der Waals surface area contributed by atoms with Crippen LogP contribution in [0.1, 0.15) is 30.1 Å². The predicted molar refractivity (Wildman–Crippen MR) is 115 cm³/mol. The molecule has 0 aliphatic carbocycles. The molecule has 0 radical (unpaired) electrons. The second-order valence-corrected chi connectivity index (χ2v) is 7.70. The lowest BCUT2D eigenvalue weighted by atomic mass is 10.1. The van der Waals surface area contributed by atoms with Gasteiger partial charge in [-0.3, -0.25) is 4.79 Å². The standard InChI is InChI=1S/C22H20FN3O4S/c1-2-29-22(28)30-19-16(13-27)11-15(12-18(19)23)21-24-20(25-31-21)14-5-7-17(8-6-14)26-9-3-4-10-26/h5-8,11-13H,2-4,9-10H2,1H3. The monoisotopic (exact) mass is 441 g/mol. The van der Waals surface area contributed by atoms with Crippen molar-refractivity contribution in [2.45, 2.75) is 19.8 Å². The molecule has 0 bridgehead atoms. The summed E-state index contributed by atoms with van der Waals surface area (Å²) in [6.45, 7) is 3.80. The van der Waals surface area contributed by atoms with Gasteiger partial charge in [0.1, 0.15) is 5.01 Å². The van der Waals surface area contributed by atoms with Crippen molar-refractivity contribution in [3.8, 4) is 27.7 Å². The van der Waals surface area contributed by atoms with Crippen molar-refractivity contribution in [3.63, 3.8) is 0 Å². The maximum absolute atomic E-state index is 14.6. The van der Waals surface area contributed by atoms with Gasteiger partial charge in [0.25, 0.3) is 0 Å². The van der Waals surface area contributed by atoms with E-state index in [9.17, 15) is 14.0 Å². The van der Waals surface area contributed by atoms with Gasteiger partial charge in [-0.1, -0.05) is 0 Å². The van der Waals surface area contributed by atoms with Gasteiger partial charge in [0.05, 0.1) is 12.2 Å². The van der Waals surface area contributed by atoms with E-state index >= 15 is 0 Å². The highest BCUT2D eigenvalue weighted by Crippen LogP contribution is 2.32. The minimum absolute atomic E-state index is 0.0710. The molecule has 0 saturated carbocycles. The Morgan fingerprint density at radius 1 is 1.19 bits per heavy atom. The molecule has 0 atom stereocenters. The Kier molecular flexibility index (Phi) is 6.22. The average molecular weight is 441 g/mol. The fourth-order valence-corrected chi connectivity index (χ4v) is 4.09. The summed E-state index contributed by atoms with van der Waals surface area (Å²) in [6, 6.07) is 10.6. The van der Waals surface area contributed by atoms with Crippen molar-refractivity contribution in [2.24, 2.45) is 0 Å². The maximum atomic E-state index is 14.6. The van der Waals surface area contributed by atoms with Crippen LogP contribution < -0.4 is 9.64 Å². The van der Waals surface area contributed by atoms with Crippen LogP contribution in [0.15, 0.2) is 36.4 Å². The van der Waals surface area contributed by atoms with Crippen molar-refractivity contribution >= 4 is 29.7 Å². The van der Waals surface area contributed by atoms with Crippen LogP contribution in [0.5, 0.6) is 5.75 Å². The van der Waals surface area contributed by atoms with Gasteiger partial charge in [-0.25, -0.2) is 14.2 Å². The second kappa shape index (κ2) is 9.22. The summed E-state index contributed by atoms with van der Waals surface area (Å²) in [5.41, 5.74) is 2.28. The number of aldehydes is 1. The van der Waals surface area contributed by atoms with Crippen molar-refractivity contribution < 1.29 is 23.5 Å². The summed E-state index contributed by atoms with van der Waals surface area (Å²) < 4.78 is 28.4. The molecular weight excluding hydrogens is 421 g/mol. The first-order valence-corrected chi connectivity index (χ1v) is 10.7. The van der Waals surface area contributed by atoms with Gasteiger partial charge < -0.3 is 14.4 Å². The van der Waals surface area contributed by atoms with Gasteiger partial charge in [-0.15, -0.1) is 0 Å². The summed E-state index contributed by atoms with van der Waals surface area (Å²) in [4.78, 5) is 29.8. The molecule has 1 fully saturated rings. The zero-order chi connectivity index (χ0) is 21.8. The van der Waals surface area contributed by atoms with Crippen LogP contribution >= 0.6 is 11.5 Å². The Labute approximate surface area is 182 Å². The first-order valence-electron chi connectivity index (χ1n) is 9.92. The van der Waals surface area contributed by atoms with E-state index in [-0.39, 0.29) is 12.2 Å². The molecule has 4 rings (SSSR count). The van der Waals surface area contributed by atoms with E-state index < -0.39 is 17.7 Å². The fourth-order valence-electron chi connectivity index (χ4n) is 3.42. The maximum Gasteiger partial charge on any atom is 0.513 e. The molecule has 1 aliphatic heterocycles. The zero-order valence-corrected chi connectivity index (χ0v) is 17.7. The number of aromatic nitrogens is 2. The SMILES string of the molecule is CCOC(=O)Oc1c(F)cc(-c2nc(-c3ccc(N4CCCC4)cc3)ns2)cc1C=O. The quantitative estimate of drug-likeness (QED) is 0.304. The Morgan fingerprint density at radius 2 is 1.94 bits per heavy atom. The number of benzene rings is 2. The van der Waals surface area contributed by atoms with Crippen molar-refractivity contribution in [1.29, 1.82) is 0 Å². The van der Waals surface area contributed by atoms with Gasteiger partial charge in [0, 0.05) is 29.9 Å². The van der Waals surface area contributed by atoms with E-state index in [0.29, 0.717) is 22.7 Å². The largest absolute Gasteiger partial charge is 0.513 e. The van der Waals surface area contributed by atoms with Gasteiger partial charge in [0.2, 0.25) is 0 Å². The molecule has 0 N–H and O–H groups in total. The summed E-state index contributed by atoms with van der Waals surface area (Å²) in [5, 5.41) is 0.448. The Morgan fingerprint density at radius 3 is 2.61 bits per heavy atom. The van der Waals surface area contributed by atoms with Crippen LogP contribution in [-0.2, 0) is 4.74 Å². The van der Waals surface area contributed by atoms with E-state index in [1.807, 2.05) is 24.3 Å². The highest BCUT2D eigenvalue weighted by Gasteiger charge is 2.19. The molecule has 2 heterocycles. The van der Waals surface area contributed by atoms with E-state index in [1.165, 1.54) is 24.6 Å². The molecule has 0 amide bonds. The lowest BCUT2D eigenvalue weighted by Gasteiger charge is -2.17. The van der Waals surface area contributed by atoms with Crippen molar-refractivity contribution in [1.82, 2.24) is 9.36 Å². The molecule has 0 unspecified atom stereocenters. The summed E-state index contributed by atoms with van der Waals surface area (Å²) >= 11 is 1.10. The highest BCUT2D eigenvalue weighted by molar-refractivity contribution is 7.09. The summed E-state index contributed by atoms with van der Waals surface area (Å²) in [5.74, 6) is -0.813. The summed E-state index contributed by atoms with van der Waals surface area (Å²) in [7, 11) is 0. The topological polar surface area (TPSA) is 81.6 Å². The highest BCUT2D eigenvalue weighted by atomic mass is 32.1. The first kappa shape index (κ1) is 20.9. The van der Waals surface area contributed by atoms with Crippen molar-refractivity contribution in [2.75, 3.05) is 24.6 Å². The minimum atomic E-state index is -1.08. The van der Waals surface area contributed by atoms with Gasteiger partial charge in [-0.2, -0.15) is 4.37 Å². The zero-order valence-electron chi connectivity index (χ0n) is 16.8. The van der Waals surface area contributed by atoms with Crippen LogP contribution in [0, 0.1) is 5.82 Å². The summed E-state index contributed by atoms with van der Waals surface area (Å²) in [6.07, 6.45) is 1.76. The Hall–Kier alpha value is -3.33. The average Bonchev–Trinajstić information content (AvgIpc) is 3.48. The van der Waals surface area contributed by atoms with Crippen LogP contribution in [0.25, 0.3) is 22.0 Å². The molecule has 9 heteroatoms. The molecule has 7 nitrogen and oxygen atoms in total. The Bertz CT molecular complexity index is 1090. The number of hydrogen-bond donors (Lipinski definition) is 0. The smallest absolute Gasteiger partial charge is 0.434 e. The number of rotatable bonds is 6. The van der Waals surface area contributed by atoms with Gasteiger partial charge in [0.15, 0.2) is 23.7 Å². The van der Waals surface area contributed by atoms with E-state index in [4.69, 9.17) is 4.74 Å². The second-order valence-electron chi connectivity index (χ2n) is 6.94. The third-order valence-electron chi connectivity index (χ3n) is 4.92. The third kappa shape index (κ3) is 4.56. The number of anilines is 1. The number of hydrogen-bond acceptors (Lipinski definition) is 8. The normalized spacial score (nSPS) is 13.3. The molecule has 0 spiro atoms. The number of carbonyl (C=O) groups is 2. The Balaban J connectivity index is 1.57. The lowest BCUT2D eigenvalue weighted by Crippen LogP contribution is -2.17. The number of nitrogens with zero attached hydrogens (tertiary/aromatic N) is 3. The number of carbonyl (C=O) groups excluding carboxylic acids is 2. The van der Waals surface area contributed by atoms with Crippen LogP contribution in [0.2, 0.25) is 0 Å². The van der Waals surface area contributed by atoms with Crippen LogP contribution in [0.4, 0.5) is 14.9 Å². The van der Waals surface area contributed by atoms with Crippen molar-refractivity contribution in [3.05, 3.63) is 47.8 Å². The molecule has 1 aliphatic rings. The number of halogens is 1. The predicted octanol–water partition coefficient (Wildman–Crippen LogP) is 4.96. The van der Waals surface area contributed by atoms with Crippen LogP contribution in [0.3, 0.4) is 0 Å². The fraction of sp³-hybridized carbons (Fsp3) is 0.273. The van der Waals surface area contributed by atoms with E-state index in [1.54, 1.807) is 6.92 Å².